The number of methoxy groups -OCH3 is 1. The summed E-state index contributed by atoms with van der Waals surface area (Å²) in [6.45, 7) is 2.93. The highest BCUT2D eigenvalue weighted by molar-refractivity contribution is 7.18. The van der Waals surface area contributed by atoms with Crippen LogP contribution in [0.1, 0.15) is 31.3 Å². The summed E-state index contributed by atoms with van der Waals surface area (Å²) in [7, 11) is 1.58. The van der Waals surface area contributed by atoms with E-state index in [-0.39, 0.29) is 16.5 Å². The summed E-state index contributed by atoms with van der Waals surface area (Å²) in [5.74, 6) is -1.18. The van der Waals surface area contributed by atoms with Gasteiger partial charge in [0.2, 0.25) is 0 Å². The lowest BCUT2D eigenvalue weighted by molar-refractivity contribution is 0.0682. The second-order valence-electron chi connectivity index (χ2n) is 6.74. The first-order valence-electron chi connectivity index (χ1n) is 9.44. The summed E-state index contributed by atoms with van der Waals surface area (Å²) in [6.07, 6.45) is 1.68. The number of rotatable bonds is 8. The van der Waals surface area contributed by atoms with Crippen LogP contribution in [0.2, 0.25) is 5.02 Å². The highest BCUT2D eigenvalue weighted by Gasteiger charge is 2.22. The number of aryl methyl sites for hydroxylation is 1. The number of pyridine rings is 1. The average Bonchev–Trinajstić information content (AvgIpc) is 3.11. The smallest absolute Gasteiger partial charge is 0.264 e. The van der Waals surface area contributed by atoms with Crippen molar-refractivity contribution in [2.75, 3.05) is 25.6 Å². The zero-order valence-electron chi connectivity index (χ0n) is 17.0. The van der Waals surface area contributed by atoms with Gasteiger partial charge in [-0.2, -0.15) is 0 Å². The van der Waals surface area contributed by atoms with E-state index in [0.29, 0.717) is 29.6 Å². The van der Waals surface area contributed by atoms with Gasteiger partial charge in [0, 0.05) is 19.9 Å². The molecule has 0 saturated heterocycles. The molecule has 0 aliphatic carbocycles. The van der Waals surface area contributed by atoms with Gasteiger partial charge in [0.05, 0.1) is 39.3 Å². The lowest BCUT2D eigenvalue weighted by atomic mass is 10.2. The van der Waals surface area contributed by atoms with Gasteiger partial charge in [0.25, 0.3) is 11.8 Å². The third kappa shape index (κ3) is 5.88. The molecule has 31 heavy (non-hydrogen) atoms. The largest absolute Gasteiger partial charge is 0.383 e. The zero-order valence-corrected chi connectivity index (χ0v) is 18.6. The maximum atomic E-state index is 13.2. The Kier molecular flexibility index (Phi) is 7.73. The van der Waals surface area contributed by atoms with E-state index < -0.39 is 11.7 Å². The van der Waals surface area contributed by atoms with Crippen LogP contribution >= 0.6 is 22.9 Å². The van der Waals surface area contributed by atoms with Crippen LogP contribution in [0.15, 0.2) is 48.7 Å². The van der Waals surface area contributed by atoms with Crippen LogP contribution < -0.4 is 5.32 Å². The van der Waals surface area contributed by atoms with E-state index in [1.165, 1.54) is 23.5 Å². The SMILES string of the molecule is COCCN(Cc1ccccn1)C(=O)c1sc(NC(=O)c2ccc(F)cc2Cl)cc1C. The third-order valence-electron chi connectivity index (χ3n) is 4.46. The van der Waals surface area contributed by atoms with Gasteiger partial charge < -0.3 is 15.0 Å². The number of anilines is 1. The first-order chi connectivity index (χ1) is 14.9. The van der Waals surface area contributed by atoms with Crippen LogP contribution in [-0.4, -0.2) is 42.0 Å². The number of hydrogen-bond donors (Lipinski definition) is 1. The number of thiophene rings is 1. The molecule has 0 aliphatic heterocycles. The number of carbonyl (C=O) groups is 2. The zero-order chi connectivity index (χ0) is 22.4. The van der Waals surface area contributed by atoms with Crippen LogP contribution in [0.5, 0.6) is 0 Å². The number of hydrogen-bond acceptors (Lipinski definition) is 5. The van der Waals surface area contributed by atoms with E-state index in [1.807, 2.05) is 18.2 Å². The van der Waals surface area contributed by atoms with Crippen LogP contribution in [0, 0.1) is 12.7 Å². The number of halogens is 2. The maximum absolute atomic E-state index is 13.2. The molecule has 0 aliphatic rings. The number of amides is 2. The minimum absolute atomic E-state index is 0.0168. The Bertz CT molecular complexity index is 1080. The van der Waals surface area contributed by atoms with E-state index in [1.54, 1.807) is 31.2 Å². The van der Waals surface area contributed by atoms with E-state index in [2.05, 4.69) is 10.3 Å². The predicted molar refractivity (Wildman–Crippen MR) is 119 cm³/mol. The van der Waals surface area contributed by atoms with E-state index >= 15 is 0 Å². The quantitative estimate of drug-likeness (QED) is 0.523. The molecule has 0 bridgehead atoms. The molecule has 2 heterocycles. The molecule has 0 fully saturated rings. The lowest BCUT2D eigenvalue weighted by Gasteiger charge is -2.21. The molecule has 1 aromatic carbocycles. The summed E-state index contributed by atoms with van der Waals surface area (Å²) in [4.78, 5) is 32.2. The monoisotopic (exact) mass is 461 g/mol. The molecular weight excluding hydrogens is 441 g/mol. The topological polar surface area (TPSA) is 71.5 Å². The first-order valence-corrected chi connectivity index (χ1v) is 10.6. The van der Waals surface area contributed by atoms with Crippen molar-refractivity contribution >= 4 is 39.8 Å². The molecule has 2 aromatic heterocycles. The number of aromatic nitrogens is 1. The molecule has 0 atom stereocenters. The highest BCUT2D eigenvalue weighted by Crippen LogP contribution is 2.29. The molecular formula is C22H21ClFN3O3S. The Hall–Kier alpha value is -2.81. The summed E-state index contributed by atoms with van der Waals surface area (Å²) in [5, 5.41) is 3.24. The van der Waals surface area contributed by atoms with E-state index in [9.17, 15) is 14.0 Å². The second kappa shape index (κ2) is 10.5. The van der Waals surface area contributed by atoms with Crippen molar-refractivity contribution < 1.29 is 18.7 Å². The Balaban J connectivity index is 1.78. The summed E-state index contributed by atoms with van der Waals surface area (Å²) in [5.41, 5.74) is 1.65. The third-order valence-corrected chi connectivity index (χ3v) is 5.91. The van der Waals surface area contributed by atoms with Crippen molar-refractivity contribution in [3.63, 3.8) is 0 Å². The molecule has 162 valence electrons. The molecule has 3 rings (SSSR count). The first kappa shape index (κ1) is 22.9. The van der Waals surface area contributed by atoms with Crippen molar-refractivity contribution in [2.24, 2.45) is 0 Å². The number of nitrogens with one attached hydrogen (secondary N) is 1. The number of nitrogens with zero attached hydrogens (tertiary/aromatic N) is 2. The maximum Gasteiger partial charge on any atom is 0.264 e. The predicted octanol–water partition coefficient (Wildman–Crippen LogP) is 4.79. The van der Waals surface area contributed by atoms with Gasteiger partial charge in [-0.25, -0.2) is 4.39 Å². The molecule has 2 amide bonds. The van der Waals surface area contributed by atoms with Gasteiger partial charge in [0.1, 0.15) is 5.82 Å². The normalized spacial score (nSPS) is 10.7. The number of ether oxygens (including phenoxy) is 1. The number of benzene rings is 1. The molecule has 1 N–H and O–H groups in total. The van der Waals surface area contributed by atoms with Gasteiger partial charge >= 0.3 is 0 Å². The Morgan fingerprint density at radius 2 is 2.06 bits per heavy atom. The highest BCUT2D eigenvalue weighted by atomic mass is 35.5. The molecule has 0 saturated carbocycles. The molecule has 6 nitrogen and oxygen atoms in total. The lowest BCUT2D eigenvalue weighted by Crippen LogP contribution is -2.33. The van der Waals surface area contributed by atoms with E-state index in [4.69, 9.17) is 16.3 Å². The standard InChI is InChI=1S/C22H21ClFN3O3S/c1-14-11-19(26-21(28)17-7-6-15(24)12-18(17)23)31-20(14)22(29)27(9-10-30-2)13-16-5-3-4-8-25-16/h3-8,11-12H,9-10,13H2,1-2H3,(H,26,28). The fraction of sp³-hybridized carbons (Fsp3) is 0.227. The van der Waals surface area contributed by atoms with Gasteiger partial charge in [-0.3, -0.25) is 14.6 Å². The second-order valence-corrected chi connectivity index (χ2v) is 8.20. The van der Waals surface area contributed by atoms with Crippen LogP contribution in [0.4, 0.5) is 9.39 Å². The van der Waals surface area contributed by atoms with Crippen molar-refractivity contribution in [1.29, 1.82) is 0 Å². The summed E-state index contributed by atoms with van der Waals surface area (Å²) >= 11 is 7.14. The molecule has 9 heteroatoms. The number of carbonyl (C=O) groups excluding carboxylic acids is 2. The fourth-order valence-corrected chi connectivity index (χ4v) is 4.18. The Labute approximate surface area is 188 Å². The van der Waals surface area contributed by atoms with Crippen molar-refractivity contribution in [3.8, 4) is 0 Å². The summed E-state index contributed by atoms with van der Waals surface area (Å²) in [6, 6.07) is 10.8. The van der Waals surface area contributed by atoms with Crippen LogP contribution in [0.25, 0.3) is 0 Å². The van der Waals surface area contributed by atoms with Crippen LogP contribution in [0.3, 0.4) is 0 Å². The molecule has 3 aromatic rings. The average molecular weight is 462 g/mol. The minimum atomic E-state index is -0.523. The van der Waals surface area contributed by atoms with Gasteiger partial charge in [0.15, 0.2) is 0 Å². The summed E-state index contributed by atoms with van der Waals surface area (Å²) < 4.78 is 18.4. The minimum Gasteiger partial charge on any atom is -0.383 e. The van der Waals surface area contributed by atoms with Gasteiger partial charge in [-0.05, 0) is 48.9 Å². The fourth-order valence-electron chi connectivity index (χ4n) is 2.89. The van der Waals surface area contributed by atoms with E-state index in [0.717, 1.165) is 17.3 Å². The Morgan fingerprint density at radius 3 is 2.74 bits per heavy atom. The molecule has 0 unspecified atom stereocenters. The van der Waals surface area contributed by atoms with Crippen molar-refractivity contribution in [2.45, 2.75) is 13.5 Å². The van der Waals surface area contributed by atoms with Crippen molar-refractivity contribution in [1.82, 2.24) is 9.88 Å². The Morgan fingerprint density at radius 1 is 1.26 bits per heavy atom. The van der Waals surface area contributed by atoms with Crippen LogP contribution in [-0.2, 0) is 11.3 Å². The van der Waals surface area contributed by atoms with Gasteiger partial charge in [-0.15, -0.1) is 11.3 Å². The van der Waals surface area contributed by atoms with Gasteiger partial charge in [-0.1, -0.05) is 17.7 Å². The molecule has 0 spiro atoms. The molecule has 0 radical (unpaired) electrons. The van der Waals surface area contributed by atoms with Crippen molar-refractivity contribution in [3.05, 3.63) is 81.2 Å².